The lowest BCUT2D eigenvalue weighted by Gasteiger charge is -2.19. The van der Waals surface area contributed by atoms with Gasteiger partial charge in [-0.15, -0.1) is 0 Å². The number of aromatic nitrogens is 1. The van der Waals surface area contributed by atoms with Crippen LogP contribution < -0.4 is 14.8 Å². The summed E-state index contributed by atoms with van der Waals surface area (Å²) in [6, 6.07) is 19.0. The second-order valence-electron chi connectivity index (χ2n) is 8.17. The molecule has 1 heterocycles. The van der Waals surface area contributed by atoms with Gasteiger partial charge in [-0.05, 0) is 36.2 Å². The number of hydrogen-bond acceptors (Lipinski definition) is 4. The fourth-order valence-corrected chi connectivity index (χ4v) is 4.35. The van der Waals surface area contributed by atoms with E-state index in [0.29, 0.717) is 31.1 Å². The lowest BCUT2D eigenvalue weighted by molar-refractivity contribution is -0.139. The Bertz CT molecular complexity index is 1280. The number of carboxylic acid groups (broad SMARTS) is 1. The van der Waals surface area contributed by atoms with Gasteiger partial charge >= 0.3 is 5.97 Å². The molecular weight excluding hydrogens is 496 g/mol. The van der Waals surface area contributed by atoms with Crippen molar-refractivity contribution < 1.29 is 19.4 Å². The average molecular weight is 523 g/mol. The molecule has 4 rings (SSSR count). The minimum absolute atomic E-state index is 0.292. The third kappa shape index (κ3) is 5.43. The molecule has 0 spiro atoms. The second kappa shape index (κ2) is 10.8. The molecule has 0 saturated carbocycles. The molecule has 6 nitrogen and oxygen atoms in total. The Balaban J connectivity index is 1.54. The van der Waals surface area contributed by atoms with Crippen LogP contribution in [0.4, 0.5) is 0 Å². The normalized spacial score (nSPS) is 12.0. The lowest BCUT2D eigenvalue weighted by atomic mass is 10.0. The maximum atomic E-state index is 12.1. The van der Waals surface area contributed by atoms with Crippen molar-refractivity contribution in [2.45, 2.75) is 32.5 Å². The van der Waals surface area contributed by atoms with Crippen molar-refractivity contribution in [2.75, 3.05) is 7.11 Å². The van der Waals surface area contributed by atoms with E-state index >= 15 is 0 Å². The van der Waals surface area contributed by atoms with E-state index in [9.17, 15) is 9.90 Å². The number of carboxylic acids is 1. The average Bonchev–Trinajstić information content (AvgIpc) is 3.25. The van der Waals surface area contributed by atoms with Gasteiger partial charge in [-0.3, -0.25) is 10.1 Å². The summed E-state index contributed by atoms with van der Waals surface area (Å²) >= 11 is 3.60. The van der Waals surface area contributed by atoms with Crippen LogP contribution in [-0.2, 0) is 24.4 Å². The topological polar surface area (TPSA) is 83.6 Å². The fraction of sp³-hybridized carbons (Fsp3) is 0.222. The summed E-state index contributed by atoms with van der Waals surface area (Å²) in [5, 5.41) is 14.1. The Labute approximate surface area is 207 Å². The number of nitrogens with one attached hydrogen (secondary N) is 2. The summed E-state index contributed by atoms with van der Waals surface area (Å²) in [5.74, 6) is 0.267. The predicted molar refractivity (Wildman–Crippen MR) is 136 cm³/mol. The summed E-state index contributed by atoms with van der Waals surface area (Å²) in [6.45, 7) is 2.71. The van der Waals surface area contributed by atoms with Crippen molar-refractivity contribution in [3.63, 3.8) is 0 Å². The number of rotatable bonds is 10. The number of ether oxygens (including phenoxy) is 2. The number of benzene rings is 3. The second-order valence-corrected chi connectivity index (χ2v) is 9.02. The standard InChI is InChI=1S/C27H27BrN2O4/c1-17-7-9-18(10-8-17)16-34-26-21(22(28)11-12-25(26)33-2)15-30-24(27(31)32)13-19-14-29-23-6-4-3-5-20(19)23/h3-12,14,24,29-30H,13,15-16H2,1-2H3,(H,31,32). The van der Waals surface area contributed by atoms with E-state index in [1.165, 1.54) is 5.56 Å². The van der Waals surface area contributed by atoms with Crippen molar-refractivity contribution in [3.05, 3.63) is 93.6 Å². The number of halogens is 1. The zero-order valence-electron chi connectivity index (χ0n) is 19.1. The van der Waals surface area contributed by atoms with Crippen LogP contribution in [0, 0.1) is 6.92 Å². The number of hydrogen-bond donors (Lipinski definition) is 3. The molecule has 1 aromatic heterocycles. The van der Waals surface area contributed by atoms with Crippen molar-refractivity contribution >= 4 is 32.8 Å². The van der Waals surface area contributed by atoms with Gasteiger partial charge in [0.25, 0.3) is 0 Å². The highest BCUT2D eigenvalue weighted by Gasteiger charge is 2.22. The van der Waals surface area contributed by atoms with Gasteiger partial charge in [0.05, 0.1) is 7.11 Å². The minimum Gasteiger partial charge on any atom is -0.493 e. The molecule has 0 aliphatic carbocycles. The molecular formula is C27H27BrN2O4. The van der Waals surface area contributed by atoms with Crippen LogP contribution >= 0.6 is 15.9 Å². The highest BCUT2D eigenvalue weighted by atomic mass is 79.9. The molecule has 34 heavy (non-hydrogen) atoms. The molecule has 0 radical (unpaired) electrons. The quantitative estimate of drug-likeness (QED) is 0.252. The monoisotopic (exact) mass is 522 g/mol. The summed E-state index contributed by atoms with van der Waals surface area (Å²) in [4.78, 5) is 15.3. The van der Waals surface area contributed by atoms with E-state index in [-0.39, 0.29) is 0 Å². The number of para-hydroxylation sites is 1. The Hall–Kier alpha value is -3.29. The molecule has 176 valence electrons. The van der Waals surface area contributed by atoms with Crippen molar-refractivity contribution in [1.29, 1.82) is 0 Å². The third-order valence-corrected chi connectivity index (χ3v) is 6.56. The number of aliphatic carboxylic acids is 1. The Morgan fingerprint density at radius 2 is 1.88 bits per heavy atom. The maximum absolute atomic E-state index is 12.1. The molecule has 4 aromatic rings. The summed E-state index contributed by atoms with van der Waals surface area (Å²) in [7, 11) is 1.59. The molecule has 1 atom stereocenters. The first-order valence-corrected chi connectivity index (χ1v) is 11.8. The van der Waals surface area contributed by atoms with Crippen LogP contribution in [0.3, 0.4) is 0 Å². The van der Waals surface area contributed by atoms with Gasteiger partial charge in [0, 0.05) is 40.1 Å². The molecule has 7 heteroatoms. The number of aromatic amines is 1. The first-order chi connectivity index (χ1) is 16.5. The molecule has 0 aliphatic rings. The van der Waals surface area contributed by atoms with Crippen LogP contribution in [0.15, 0.2) is 71.3 Å². The van der Waals surface area contributed by atoms with E-state index in [2.05, 4.69) is 26.2 Å². The highest BCUT2D eigenvalue weighted by Crippen LogP contribution is 2.37. The van der Waals surface area contributed by atoms with Gasteiger partial charge in [-0.25, -0.2) is 0 Å². The Morgan fingerprint density at radius 3 is 2.62 bits per heavy atom. The van der Waals surface area contributed by atoms with Gasteiger partial charge < -0.3 is 19.6 Å². The SMILES string of the molecule is COc1ccc(Br)c(CNC(Cc2c[nH]c3ccccc23)C(=O)O)c1OCc1ccc(C)cc1. The number of methoxy groups -OCH3 is 1. The van der Waals surface area contributed by atoms with Gasteiger partial charge in [0.15, 0.2) is 11.5 Å². The summed E-state index contributed by atoms with van der Waals surface area (Å²) in [6.07, 6.45) is 2.22. The third-order valence-electron chi connectivity index (χ3n) is 5.81. The van der Waals surface area contributed by atoms with E-state index in [0.717, 1.165) is 32.1 Å². The Kier molecular flexibility index (Phi) is 7.55. The number of carbonyl (C=O) groups is 1. The first-order valence-electron chi connectivity index (χ1n) is 11.0. The molecule has 0 fully saturated rings. The molecule has 1 unspecified atom stereocenters. The molecule has 0 bridgehead atoms. The van der Waals surface area contributed by atoms with E-state index in [1.807, 2.05) is 73.8 Å². The maximum Gasteiger partial charge on any atom is 0.321 e. The number of fused-ring (bicyclic) bond motifs is 1. The van der Waals surface area contributed by atoms with Gasteiger partial charge in [0.1, 0.15) is 12.6 Å². The lowest BCUT2D eigenvalue weighted by Crippen LogP contribution is -2.38. The van der Waals surface area contributed by atoms with Gasteiger partial charge in [-0.2, -0.15) is 0 Å². The summed E-state index contributed by atoms with van der Waals surface area (Å²) < 4.78 is 12.5. The van der Waals surface area contributed by atoms with Crippen LogP contribution in [-0.4, -0.2) is 29.2 Å². The zero-order valence-corrected chi connectivity index (χ0v) is 20.7. The molecule has 0 saturated heterocycles. The van der Waals surface area contributed by atoms with E-state index < -0.39 is 12.0 Å². The summed E-state index contributed by atoms with van der Waals surface area (Å²) in [5.41, 5.74) is 4.97. The van der Waals surface area contributed by atoms with E-state index in [4.69, 9.17) is 9.47 Å². The largest absolute Gasteiger partial charge is 0.493 e. The number of H-pyrrole nitrogens is 1. The van der Waals surface area contributed by atoms with Crippen molar-refractivity contribution in [2.24, 2.45) is 0 Å². The van der Waals surface area contributed by atoms with Crippen LogP contribution in [0.2, 0.25) is 0 Å². The number of aryl methyl sites for hydroxylation is 1. The molecule has 3 N–H and O–H groups in total. The highest BCUT2D eigenvalue weighted by molar-refractivity contribution is 9.10. The van der Waals surface area contributed by atoms with E-state index in [1.54, 1.807) is 7.11 Å². The van der Waals surface area contributed by atoms with Crippen molar-refractivity contribution in [1.82, 2.24) is 10.3 Å². The van der Waals surface area contributed by atoms with Crippen molar-refractivity contribution in [3.8, 4) is 11.5 Å². The fourth-order valence-electron chi connectivity index (χ4n) is 3.90. The minimum atomic E-state index is -0.911. The van der Waals surface area contributed by atoms with Gasteiger partial charge in [-0.1, -0.05) is 64.0 Å². The van der Waals surface area contributed by atoms with Crippen LogP contribution in [0.25, 0.3) is 10.9 Å². The first kappa shape index (κ1) is 23.9. The zero-order chi connectivity index (χ0) is 24.1. The smallest absolute Gasteiger partial charge is 0.321 e. The molecule has 0 amide bonds. The molecule has 0 aliphatic heterocycles. The van der Waals surface area contributed by atoms with Crippen LogP contribution in [0.5, 0.6) is 11.5 Å². The van der Waals surface area contributed by atoms with Gasteiger partial charge in [0.2, 0.25) is 0 Å². The molecule has 3 aromatic carbocycles. The Morgan fingerprint density at radius 1 is 1.12 bits per heavy atom. The predicted octanol–water partition coefficient (Wildman–Crippen LogP) is 5.61. The van der Waals surface area contributed by atoms with Crippen LogP contribution in [0.1, 0.15) is 22.3 Å².